The van der Waals surface area contributed by atoms with E-state index in [2.05, 4.69) is 17.4 Å². The van der Waals surface area contributed by atoms with Gasteiger partial charge in [0.05, 0.1) is 13.0 Å². The SMILES string of the molecule is COc1ccc(CCNC2C3CCC(C3)C2C(=O)O)cc1. The van der Waals surface area contributed by atoms with E-state index in [1.54, 1.807) is 7.11 Å². The van der Waals surface area contributed by atoms with E-state index in [0.717, 1.165) is 31.6 Å². The fourth-order valence-electron chi connectivity index (χ4n) is 4.12. The Bertz CT molecular complexity index is 499. The van der Waals surface area contributed by atoms with E-state index in [9.17, 15) is 9.90 Å². The molecule has 2 N–H and O–H groups in total. The van der Waals surface area contributed by atoms with E-state index >= 15 is 0 Å². The normalized spacial score (nSPS) is 30.5. The van der Waals surface area contributed by atoms with Gasteiger partial charge in [-0.1, -0.05) is 12.1 Å². The molecular formula is C17H23NO3. The zero-order chi connectivity index (χ0) is 14.8. The zero-order valence-corrected chi connectivity index (χ0v) is 12.4. The Morgan fingerprint density at radius 1 is 1.29 bits per heavy atom. The van der Waals surface area contributed by atoms with E-state index < -0.39 is 5.97 Å². The molecule has 4 unspecified atom stereocenters. The maximum absolute atomic E-state index is 11.5. The summed E-state index contributed by atoms with van der Waals surface area (Å²) in [5.74, 6) is 1.02. The van der Waals surface area contributed by atoms with Crippen LogP contribution >= 0.6 is 0 Å². The summed E-state index contributed by atoms with van der Waals surface area (Å²) in [5.41, 5.74) is 1.25. The number of fused-ring (bicyclic) bond motifs is 2. The van der Waals surface area contributed by atoms with Crippen LogP contribution in [-0.4, -0.2) is 30.8 Å². The first-order chi connectivity index (χ1) is 10.2. The maximum atomic E-state index is 11.5. The van der Waals surface area contributed by atoms with Crippen molar-refractivity contribution >= 4 is 5.97 Å². The molecule has 2 aliphatic rings. The Hall–Kier alpha value is -1.55. The summed E-state index contributed by atoms with van der Waals surface area (Å²) >= 11 is 0. The second-order valence-corrected chi connectivity index (χ2v) is 6.28. The second kappa shape index (κ2) is 6.06. The lowest BCUT2D eigenvalue weighted by Gasteiger charge is -2.29. The summed E-state index contributed by atoms with van der Waals surface area (Å²) in [5, 5.41) is 12.9. The van der Waals surface area contributed by atoms with Gasteiger partial charge in [-0.3, -0.25) is 4.79 Å². The number of aliphatic carboxylic acids is 1. The molecule has 114 valence electrons. The molecule has 4 nitrogen and oxygen atoms in total. The number of nitrogens with one attached hydrogen (secondary N) is 1. The van der Waals surface area contributed by atoms with E-state index in [4.69, 9.17) is 4.74 Å². The van der Waals surface area contributed by atoms with Gasteiger partial charge in [0.1, 0.15) is 5.75 Å². The standard InChI is InChI=1S/C17H23NO3/c1-21-14-6-2-11(3-7-14)8-9-18-16-13-5-4-12(10-13)15(16)17(19)20/h2-3,6-7,12-13,15-16,18H,4-5,8-10H2,1H3,(H,19,20). The summed E-state index contributed by atoms with van der Waals surface area (Å²) in [6.45, 7) is 0.837. The average Bonchev–Trinajstić information content (AvgIpc) is 3.09. The topological polar surface area (TPSA) is 58.6 Å². The number of carboxylic acid groups (broad SMARTS) is 1. The van der Waals surface area contributed by atoms with Crippen LogP contribution in [0.1, 0.15) is 24.8 Å². The van der Waals surface area contributed by atoms with Gasteiger partial charge < -0.3 is 15.2 Å². The number of benzene rings is 1. The Labute approximate surface area is 125 Å². The van der Waals surface area contributed by atoms with Crippen molar-refractivity contribution in [1.82, 2.24) is 5.32 Å². The Balaban J connectivity index is 1.53. The molecule has 1 aromatic rings. The molecule has 0 heterocycles. The molecule has 2 fully saturated rings. The van der Waals surface area contributed by atoms with Crippen molar-refractivity contribution in [2.75, 3.05) is 13.7 Å². The van der Waals surface area contributed by atoms with E-state index in [0.29, 0.717) is 11.8 Å². The molecular weight excluding hydrogens is 266 g/mol. The van der Waals surface area contributed by atoms with Crippen LogP contribution in [0.5, 0.6) is 5.75 Å². The van der Waals surface area contributed by atoms with Crippen LogP contribution in [0, 0.1) is 17.8 Å². The van der Waals surface area contributed by atoms with Crippen LogP contribution in [0.3, 0.4) is 0 Å². The number of ether oxygens (including phenoxy) is 1. The van der Waals surface area contributed by atoms with E-state index in [1.165, 1.54) is 12.0 Å². The van der Waals surface area contributed by atoms with Crippen LogP contribution in [-0.2, 0) is 11.2 Å². The predicted octanol–water partition coefficient (Wildman–Crippen LogP) is 2.33. The summed E-state index contributed by atoms with van der Waals surface area (Å²) in [4.78, 5) is 11.5. The summed E-state index contributed by atoms with van der Waals surface area (Å²) in [7, 11) is 1.66. The number of rotatable bonds is 6. The molecule has 4 heteroatoms. The first kappa shape index (κ1) is 14.4. The maximum Gasteiger partial charge on any atom is 0.308 e. The average molecular weight is 289 g/mol. The second-order valence-electron chi connectivity index (χ2n) is 6.28. The van der Waals surface area contributed by atoms with Gasteiger partial charge in [0.25, 0.3) is 0 Å². The quantitative estimate of drug-likeness (QED) is 0.844. The van der Waals surface area contributed by atoms with Crippen molar-refractivity contribution in [2.45, 2.75) is 31.7 Å². The van der Waals surface area contributed by atoms with Crippen LogP contribution in [0.2, 0.25) is 0 Å². The minimum absolute atomic E-state index is 0.166. The summed E-state index contributed by atoms with van der Waals surface area (Å²) in [6, 6.07) is 8.23. The van der Waals surface area contributed by atoms with Gasteiger partial charge in [-0.2, -0.15) is 0 Å². The number of carbonyl (C=O) groups is 1. The number of methoxy groups -OCH3 is 1. The lowest BCUT2D eigenvalue weighted by atomic mass is 9.84. The molecule has 2 aliphatic carbocycles. The largest absolute Gasteiger partial charge is 0.497 e. The van der Waals surface area contributed by atoms with Gasteiger partial charge in [-0.05, 0) is 61.8 Å². The number of hydrogen-bond acceptors (Lipinski definition) is 3. The number of hydrogen-bond donors (Lipinski definition) is 2. The fraction of sp³-hybridized carbons (Fsp3) is 0.588. The van der Waals surface area contributed by atoms with Gasteiger partial charge in [0, 0.05) is 6.04 Å². The molecule has 0 radical (unpaired) electrons. The van der Waals surface area contributed by atoms with Crippen molar-refractivity contribution in [1.29, 1.82) is 0 Å². The Morgan fingerprint density at radius 2 is 2.00 bits per heavy atom. The van der Waals surface area contributed by atoms with E-state index in [-0.39, 0.29) is 12.0 Å². The lowest BCUT2D eigenvalue weighted by molar-refractivity contribution is -0.144. The van der Waals surface area contributed by atoms with Crippen LogP contribution in [0.25, 0.3) is 0 Å². The minimum Gasteiger partial charge on any atom is -0.497 e. The van der Waals surface area contributed by atoms with Crippen LogP contribution < -0.4 is 10.1 Å². The van der Waals surface area contributed by atoms with Crippen molar-refractivity contribution in [3.05, 3.63) is 29.8 Å². The minimum atomic E-state index is -0.621. The molecule has 4 atom stereocenters. The highest BCUT2D eigenvalue weighted by molar-refractivity contribution is 5.72. The van der Waals surface area contributed by atoms with Crippen molar-refractivity contribution in [3.8, 4) is 5.75 Å². The highest BCUT2D eigenvalue weighted by atomic mass is 16.5. The van der Waals surface area contributed by atoms with Crippen LogP contribution in [0.4, 0.5) is 0 Å². The molecule has 2 bridgehead atoms. The third kappa shape index (κ3) is 2.91. The first-order valence-corrected chi connectivity index (χ1v) is 7.78. The monoisotopic (exact) mass is 289 g/mol. The van der Waals surface area contributed by atoms with Crippen molar-refractivity contribution in [2.24, 2.45) is 17.8 Å². The summed E-state index contributed by atoms with van der Waals surface area (Å²) < 4.78 is 5.15. The highest BCUT2D eigenvalue weighted by Gasteiger charge is 2.50. The molecule has 0 spiro atoms. The fourth-order valence-corrected chi connectivity index (χ4v) is 4.12. The van der Waals surface area contributed by atoms with Gasteiger partial charge >= 0.3 is 5.97 Å². The summed E-state index contributed by atoms with van der Waals surface area (Å²) in [6.07, 6.45) is 4.30. The molecule has 3 rings (SSSR count). The first-order valence-electron chi connectivity index (χ1n) is 7.78. The lowest BCUT2D eigenvalue weighted by Crippen LogP contribution is -2.44. The zero-order valence-electron chi connectivity index (χ0n) is 12.4. The number of carboxylic acids is 1. The Kier molecular flexibility index (Phi) is 4.15. The molecule has 0 aromatic heterocycles. The molecule has 0 amide bonds. The highest BCUT2D eigenvalue weighted by Crippen LogP contribution is 2.48. The molecule has 0 aliphatic heterocycles. The van der Waals surface area contributed by atoms with E-state index in [1.807, 2.05) is 12.1 Å². The predicted molar refractivity (Wildman–Crippen MR) is 80.4 cm³/mol. The van der Waals surface area contributed by atoms with Gasteiger partial charge in [0.15, 0.2) is 0 Å². The molecule has 2 saturated carbocycles. The van der Waals surface area contributed by atoms with Gasteiger partial charge in [-0.25, -0.2) is 0 Å². The molecule has 1 aromatic carbocycles. The smallest absolute Gasteiger partial charge is 0.308 e. The Morgan fingerprint density at radius 3 is 2.67 bits per heavy atom. The van der Waals surface area contributed by atoms with Gasteiger partial charge in [-0.15, -0.1) is 0 Å². The van der Waals surface area contributed by atoms with Crippen molar-refractivity contribution < 1.29 is 14.6 Å². The third-order valence-corrected chi connectivity index (χ3v) is 5.15. The molecule has 21 heavy (non-hydrogen) atoms. The third-order valence-electron chi connectivity index (χ3n) is 5.15. The van der Waals surface area contributed by atoms with Gasteiger partial charge in [0.2, 0.25) is 0 Å². The van der Waals surface area contributed by atoms with Crippen molar-refractivity contribution in [3.63, 3.8) is 0 Å². The van der Waals surface area contributed by atoms with Crippen LogP contribution in [0.15, 0.2) is 24.3 Å². The molecule has 0 saturated heterocycles.